The summed E-state index contributed by atoms with van der Waals surface area (Å²) in [5, 5.41) is 10.7. The number of carbonyl (C=O) groups is 3. The van der Waals surface area contributed by atoms with E-state index >= 15 is 0 Å². The van der Waals surface area contributed by atoms with Gasteiger partial charge in [-0.1, -0.05) is 90.5 Å². The van der Waals surface area contributed by atoms with Crippen molar-refractivity contribution in [2.75, 3.05) is 0 Å². The van der Waals surface area contributed by atoms with E-state index in [4.69, 9.17) is 28.4 Å². The van der Waals surface area contributed by atoms with Crippen LogP contribution in [-0.2, 0) is 21.9 Å². The molecule has 0 saturated carbocycles. The van der Waals surface area contributed by atoms with Crippen LogP contribution in [0.3, 0.4) is 0 Å². The zero-order valence-corrected chi connectivity index (χ0v) is 38.7. The van der Waals surface area contributed by atoms with Crippen molar-refractivity contribution in [2.24, 2.45) is 0 Å². The first-order chi connectivity index (χ1) is 31.2. The number of carbonyl (C=O) groups excluding carboxylic acids is 3. The minimum absolute atomic E-state index is 0. The first-order valence-corrected chi connectivity index (χ1v) is 22.3. The van der Waals surface area contributed by atoms with Gasteiger partial charge >= 0.3 is 17.9 Å². The molecule has 0 heterocycles. The van der Waals surface area contributed by atoms with E-state index in [1.807, 2.05) is 42.5 Å². The molecule has 0 radical (unpaired) electrons. The second-order valence-corrected chi connectivity index (χ2v) is 15.2. The van der Waals surface area contributed by atoms with Crippen molar-refractivity contribution < 1.29 is 65.0 Å². The van der Waals surface area contributed by atoms with Crippen LogP contribution < -0.4 is 28.4 Å². The fraction of sp³-hybridized carbons (Fsp3) is 0.296. The third-order valence-corrected chi connectivity index (χ3v) is 10.1. The Labute approximate surface area is 393 Å². The fourth-order valence-electron chi connectivity index (χ4n) is 6.70. The van der Waals surface area contributed by atoms with E-state index < -0.39 is 23.9 Å². The van der Waals surface area contributed by atoms with Crippen LogP contribution in [0.2, 0.25) is 0 Å². The Kier molecular flexibility index (Phi) is 21.8. The first-order valence-electron chi connectivity index (χ1n) is 22.3. The third kappa shape index (κ3) is 16.6. The summed E-state index contributed by atoms with van der Waals surface area (Å²) in [7, 11) is 0. The second-order valence-electron chi connectivity index (χ2n) is 15.2. The Morgan fingerprint density at radius 1 is 0.508 bits per heavy atom. The van der Waals surface area contributed by atoms with Crippen LogP contribution in [-0.4, -0.2) is 35.2 Å². The summed E-state index contributed by atoms with van der Waals surface area (Å²) in [6, 6.07) is 36.4. The number of aliphatic hydroxyl groups excluding tert-OH is 1. The van der Waals surface area contributed by atoms with Crippen molar-refractivity contribution in [2.45, 2.75) is 104 Å². The summed E-state index contributed by atoms with van der Waals surface area (Å²) in [6.07, 6.45) is 14.3. The van der Waals surface area contributed by atoms with Gasteiger partial charge in [0.1, 0.15) is 45.6 Å². The number of rotatable bonds is 22. The van der Waals surface area contributed by atoms with E-state index in [0.717, 1.165) is 64.2 Å². The molecule has 1 aliphatic rings. The molecule has 344 valence electrons. The average molecular weight is 924 g/mol. The van der Waals surface area contributed by atoms with E-state index in [1.54, 1.807) is 60.7 Å². The molecule has 10 nitrogen and oxygen atoms in total. The fourth-order valence-corrected chi connectivity index (χ4v) is 6.70. The molecular formula is C54H59FeO10-. The summed E-state index contributed by atoms with van der Waals surface area (Å²) in [6.45, 7) is 8.50. The van der Waals surface area contributed by atoms with Crippen LogP contribution in [0, 0.1) is 0 Å². The van der Waals surface area contributed by atoms with Gasteiger partial charge < -0.3 is 33.5 Å². The largest absolute Gasteiger partial charge is 0.490 e. The molecule has 0 aromatic heterocycles. The van der Waals surface area contributed by atoms with Crippen LogP contribution in [0.5, 0.6) is 34.5 Å². The molecule has 6 rings (SSSR count). The van der Waals surface area contributed by atoms with Gasteiger partial charge in [0.05, 0.1) is 23.4 Å². The number of hydrogen-bond acceptors (Lipinski definition) is 10. The Hall–Kier alpha value is -6.42. The summed E-state index contributed by atoms with van der Waals surface area (Å²) in [5.74, 6) is -0.175. The molecule has 65 heavy (non-hydrogen) atoms. The summed E-state index contributed by atoms with van der Waals surface area (Å²) >= 11 is 0. The van der Waals surface area contributed by atoms with Gasteiger partial charge in [-0.3, -0.25) is 0 Å². The number of para-hydroxylation sites is 2. The summed E-state index contributed by atoms with van der Waals surface area (Å²) < 4.78 is 34.9. The molecule has 0 aliphatic heterocycles. The van der Waals surface area contributed by atoms with E-state index in [0.29, 0.717) is 22.6 Å². The predicted octanol–water partition coefficient (Wildman–Crippen LogP) is 13.3. The number of benzene rings is 4. The molecule has 0 saturated heterocycles. The molecule has 0 bridgehead atoms. The van der Waals surface area contributed by atoms with Crippen molar-refractivity contribution in [3.8, 4) is 34.5 Å². The molecule has 0 spiro atoms. The maximum Gasteiger partial charge on any atom is 0.347 e. The smallest absolute Gasteiger partial charge is 0.347 e. The first kappa shape index (κ1) is 51.2. The van der Waals surface area contributed by atoms with E-state index in [1.165, 1.54) is 42.5 Å². The van der Waals surface area contributed by atoms with Crippen LogP contribution >= 0.6 is 0 Å². The summed E-state index contributed by atoms with van der Waals surface area (Å²) in [4.78, 5) is 39.3. The standard InChI is InChI=1S/C49H54O10.C5H5.Fe/c1-5-9-17-36(15-7-3)54-44-21-13-11-19-42(44)48(52)58-40-29-25-38(26-30-40)56-46(50)34-23-24-35(33-34)47(51)57-39-27-31-41(32-28-39)59-49(53)43-20-12-14-22-45(43)55-37(16-8-4)18-10-6-2;1-2-4-5-3-1;/h11-14,19-33,36-37,50H,5-10,15-18H2,1-4H3;1-5H;/q;-1;/b46-34-;;. The number of unbranched alkanes of at least 4 members (excludes halogenated alkanes) is 2. The van der Waals surface area contributed by atoms with Crippen molar-refractivity contribution >= 4 is 17.9 Å². The van der Waals surface area contributed by atoms with Gasteiger partial charge in [0.15, 0.2) is 0 Å². The number of esters is 3. The molecular weight excluding hydrogens is 864 g/mol. The molecule has 5 aromatic carbocycles. The zero-order valence-electron chi connectivity index (χ0n) is 37.6. The van der Waals surface area contributed by atoms with Crippen molar-refractivity contribution in [1.29, 1.82) is 0 Å². The topological polar surface area (TPSA) is 127 Å². The molecule has 2 atom stereocenters. The molecule has 0 fully saturated rings. The predicted molar refractivity (Wildman–Crippen MR) is 249 cm³/mol. The Morgan fingerprint density at radius 3 is 1.32 bits per heavy atom. The van der Waals surface area contributed by atoms with Gasteiger partial charge in [-0.2, -0.15) is 18.2 Å². The molecule has 1 N–H and O–H groups in total. The molecule has 11 heteroatoms. The monoisotopic (exact) mass is 923 g/mol. The minimum Gasteiger partial charge on any atom is -0.490 e. The average Bonchev–Trinajstić information content (AvgIpc) is 4.07. The normalized spacial score (nSPS) is 13.1. The Morgan fingerprint density at radius 2 is 0.923 bits per heavy atom. The molecule has 1 aliphatic carbocycles. The van der Waals surface area contributed by atoms with Gasteiger partial charge in [0, 0.05) is 17.1 Å². The molecule has 2 unspecified atom stereocenters. The maximum atomic E-state index is 13.1. The minimum atomic E-state index is -0.662. The van der Waals surface area contributed by atoms with E-state index in [2.05, 4.69) is 27.7 Å². The number of aliphatic hydroxyl groups is 1. The number of ether oxygens (including phenoxy) is 6. The van der Waals surface area contributed by atoms with Crippen LogP contribution in [0.1, 0.15) is 113 Å². The van der Waals surface area contributed by atoms with Crippen molar-refractivity contribution in [3.63, 3.8) is 0 Å². The number of allylic oxidation sites excluding steroid dienone is 3. The number of hydrogen-bond donors (Lipinski definition) is 1. The van der Waals surface area contributed by atoms with Crippen molar-refractivity contribution in [1.82, 2.24) is 0 Å². The van der Waals surface area contributed by atoms with Gasteiger partial charge in [-0.25, -0.2) is 26.5 Å². The molecule has 5 aromatic rings. The molecule has 0 amide bonds. The Balaban J connectivity index is 0.00000144. The Bertz CT molecular complexity index is 2290. The maximum absolute atomic E-state index is 13.1. The van der Waals surface area contributed by atoms with Crippen LogP contribution in [0.4, 0.5) is 0 Å². The quantitative estimate of drug-likeness (QED) is 0.0236. The SMILES string of the molecule is CCCCC(CCC)Oc1ccccc1C(=O)Oc1ccc(OC(=O)C2=C/C(=C(/O)Oc3ccc(OC(=O)c4ccccc4OC(CCC)CCCC)cc3)C=C2)cc1.[Fe].c1cc[cH-]c1. The van der Waals surface area contributed by atoms with E-state index in [9.17, 15) is 19.5 Å². The van der Waals surface area contributed by atoms with E-state index in [-0.39, 0.29) is 63.4 Å². The van der Waals surface area contributed by atoms with Crippen molar-refractivity contribution in [3.05, 3.63) is 174 Å². The van der Waals surface area contributed by atoms with Gasteiger partial charge in [-0.05, 0) is 117 Å². The summed E-state index contributed by atoms with van der Waals surface area (Å²) in [5.41, 5.74) is 1.10. The van der Waals surface area contributed by atoms with Gasteiger partial charge in [0.2, 0.25) is 0 Å². The zero-order chi connectivity index (χ0) is 45.5. The van der Waals surface area contributed by atoms with Crippen LogP contribution in [0.25, 0.3) is 0 Å². The van der Waals surface area contributed by atoms with Gasteiger partial charge in [0.25, 0.3) is 5.95 Å². The third-order valence-electron chi connectivity index (χ3n) is 10.1. The van der Waals surface area contributed by atoms with Gasteiger partial charge in [-0.15, -0.1) is 0 Å². The van der Waals surface area contributed by atoms with Crippen LogP contribution in [0.15, 0.2) is 163 Å². The second kappa shape index (κ2) is 27.7.